The third-order valence-corrected chi connectivity index (χ3v) is 5.86. The van der Waals surface area contributed by atoms with Gasteiger partial charge in [-0.15, -0.1) is 0 Å². The summed E-state index contributed by atoms with van der Waals surface area (Å²) < 4.78 is 5.39. The molecule has 0 aliphatic carbocycles. The Balaban J connectivity index is 2.37. The molecule has 1 saturated heterocycles. The van der Waals surface area contributed by atoms with E-state index in [4.69, 9.17) is 10.5 Å². The quantitative estimate of drug-likeness (QED) is 0.790. The standard InChI is InChI=1S/C10H21NOS2/c1-3-9-10(14-6-5-13-9)8(11)7-12-4-2/h8-10H,3-7,11H2,1-2H3. The van der Waals surface area contributed by atoms with Crippen LogP contribution in [0.2, 0.25) is 0 Å². The fourth-order valence-corrected chi connectivity index (χ4v) is 4.86. The fourth-order valence-electron chi connectivity index (χ4n) is 1.68. The van der Waals surface area contributed by atoms with E-state index in [1.54, 1.807) is 0 Å². The zero-order valence-corrected chi connectivity index (χ0v) is 10.7. The predicted octanol–water partition coefficient (Wildman–Crippen LogP) is 1.98. The maximum atomic E-state index is 6.14. The second kappa shape index (κ2) is 6.99. The second-order valence-corrected chi connectivity index (χ2v) is 6.11. The van der Waals surface area contributed by atoms with Crippen LogP contribution in [0.3, 0.4) is 0 Å². The maximum absolute atomic E-state index is 6.14. The lowest BCUT2D eigenvalue weighted by Crippen LogP contribution is -2.44. The van der Waals surface area contributed by atoms with E-state index >= 15 is 0 Å². The lowest BCUT2D eigenvalue weighted by atomic mass is 10.1. The minimum absolute atomic E-state index is 0.206. The van der Waals surface area contributed by atoms with Gasteiger partial charge in [0.2, 0.25) is 0 Å². The Morgan fingerprint density at radius 2 is 2.07 bits per heavy atom. The summed E-state index contributed by atoms with van der Waals surface area (Å²) in [5, 5.41) is 1.31. The molecule has 0 saturated carbocycles. The molecule has 0 aromatic carbocycles. The van der Waals surface area contributed by atoms with E-state index in [0.717, 1.165) is 11.9 Å². The van der Waals surface area contributed by atoms with Crippen molar-refractivity contribution in [2.75, 3.05) is 24.7 Å². The zero-order valence-electron chi connectivity index (χ0n) is 9.07. The van der Waals surface area contributed by atoms with Gasteiger partial charge in [0.1, 0.15) is 0 Å². The van der Waals surface area contributed by atoms with Gasteiger partial charge in [0, 0.05) is 34.7 Å². The number of thioether (sulfide) groups is 2. The van der Waals surface area contributed by atoms with Crippen LogP contribution in [0.1, 0.15) is 20.3 Å². The van der Waals surface area contributed by atoms with E-state index < -0.39 is 0 Å². The summed E-state index contributed by atoms with van der Waals surface area (Å²) in [4.78, 5) is 0. The third-order valence-electron chi connectivity index (χ3n) is 2.43. The molecule has 1 aliphatic rings. The van der Waals surface area contributed by atoms with Gasteiger partial charge in [-0.3, -0.25) is 0 Å². The fraction of sp³-hybridized carbons (Fsp3) is 1.00. The normalized spacial score (nSPS) is 30.2. The molecule has 84 valence electrons. The van der Waals surface area contributed by atoms with Crippen molar-refractivity contribution in [3.05, 3.63) is 0 Å². The van der Waals surface area contributed by atoms with Gasteiger partial charge in [-0.05, 0) is 13.3 Å². The van der Waals surface area contributed by atoms with Crippen LogP contribution < -0.4 is 5.73 Å². The van der Waals surface area contributed by atoms with Gasteiger partial charge in [0.05, 0.1) is 6.61 Å². The van der Waals surface area contributed by atoms with Crippen LogP contribution in [0.25, 0.3) is 0 Å². The Hall–Kier alpha value is 0.620. The molecule has 0 aromatic heterocycles. The first kappa shape index (κ1) is 12.7. The molecule has 0 spiro atoms. The van der Waals surface area contributed by atoms with Crippen molar-refractivity contribution in [2.45, 2.75) is 36.8 Å². The van der Waals surface area contributed by atoms with Crippen LogP contribution >= 0.6 is 23.5 Å². The molecule has 2 nitrogen and oxygen atoms in total. The molecule has 1 rings (SSSR count). The first-order valence-electron chi connectivity index (χ1n) is 5.36. The van der Waals surface area contributed by atoms with Gasteiger partial charge in [-0.2, -0.15) is 23.5 Å². The number of hydrogen-bond donors (Lipinski definition) is 1. The lowest BCUT2D eigenvalue weighted by Gasteiger charge is -2.33. The smallest absolute Gasteiger partial charge is 0.0628 e. The zero-order chi connectivity index (χ0) is 10.4. The van der Waals surface area contributed by atoms with Gasteiger partial charge in [0.15, 0.2) is 0 Å². The van der Waals surface area contributed by atoms with Gasteiger partial charge in [-0.1, -0.05) is 6.92 Å². The molecule has 1 fully saturated rings. The molecule has 3 unspecified atom stereocenters. The molecule has 3 atom stereocenters. The Morgan fingerprint density at radius 3 is 2.71 bits per heavy atom. The SMILES string of the molecule is CCOCC(N)C1SCCSC1CC. The highest BCUT2D eigenvalue weighted by Crippen LogP contribution is 2.34. The number of ether oxygens (including phenoxy) is 1. The van der Waals surface area contributed by atoms with E-state index in [1.807, 2.05) is 18.7 Å². The highest BCUT2D eigenvalue weighted by molar-refractivity contribution is 8.07. The molecule has 0 radical (unpaired) electrons. The van der Waals surface area contributed by atoms with Crippen LogP contribution in [0.5, 0.6) is 0 Å². The molecular formula is C10H21NOS2. The monoisotopic (exact) mass is 235 g/mol. The van der Waals surface area contributed by atoms with Crippen LogP contribution in [0.4, 0.5) is 0 Å². The molecule has 1 heterocycles. The molecule has 2 N–H and O–H groups in total. The van der Waals surface area contributed by atoms with Crippen LogP contribution in [-0.4, -0.2) is 41.3 Å². The highest BCUT2D eigenvalue weighted by atomic mass is 32.2. The summed E-state index contributed by atoms with van der Waals surface area (Å²) >= 11 is 4.11. The summed E-state index contributed by atoms with van der Waals surface area (Å²) in [5.74, 6) is 2.52. The Kier molecular flexibility index (Phi) is 6.33. The minimum atomic E-state index is 0.206. The topological polar surface area (TPSA) is 35.2 Å². The van der Waals surface area contributed by atoms with Crippen molar-refractivity contribution in [3.63, 3.8) is 0 Å². The Labute approximate surface area is 95.7 Å². The van der Waals surface area contributed by atoms with Crippen molar-refractivity contribution in [1.29, 1.82) is 0 Å². The lowest BCUT2D eigenvalue weighted by molar-refractivity contribution is 0.132. The van der Waals surface area contributed by atoms with Crippen LogP contribution in [0, 0.1) is 0 Å². The summed E-state index contributed by atoms with van der Waals surface area (Å²) in [6, 6.07) is 0.206. The first-order chi connectivity index (χ1) is 6.79. The van der Waals surface area contributed by atoms with Gasteiger partial charge in [-0.25, -0.2) is 0 Å². The van der Waals surface area contributed by atoms with Crippen LogP contribution in [0.15, 0.2) is 0 Å². The van der Waals surface area contributed by atoms with E-state index in [2.05, 4.69) is 18.7 Å². The highest BCUT2D eigenvalue weighted by Gasteiger charge is 2.29. The number of nitrogens with two attached hydrogens (primary N) is 1. The molecule has 0 aromatic rings. The van der Waals surface area contributed by atoms with E-state index in [0.29, 0.717) is 11.9 Å². The second-order valence-electron chi connectivity index (χ2n) is 3.48. The van der Waals surface area contributed by atoms with E-state index in [-0.39, 0.29) is 6.04 Å². The number of rotatable bonds is 5. The molecule has 0 amide bonds. The van der Waals surface area contributed by atoms with Crippen molar-refractivity contribution in [3.8, 4) is 0 Å². The summed E-state index contributed by atoms with van der Waals surface area (Å²) in [7, 11) is 0. The molecule has 0 bridgehead atoms. The minimum Gasteiger partial charge on any atom is -0.380 e. The molecular weight excluding hydrogens is 214 g/mol. The first-order valence-corrected chi connectivity index (χ1v) is 7.45. The summed E-state index contributed by atoms with van der Waals surface area (Å²) in [5.41, 5.74) is 6.14. The molecule has 1 aliphatic heterocycles. The van der Waals surface area contributed by atoms with Crippen molar-refractivity contribution < 1.29 is 4.74 Å². The number of hydrogen-bond acceptors (Lipinski definition) is 4. The molecule has 4 heteroatoms. The van der Waals surface area contributed by atoms with Crippen molar-refractivity contribution in [1.82, 2.24) is 0 Å². The molecule has 14 heavy (non-hydrogen) atoms. The predicted molar refractivity (Wildman–Crippen MR) is 67.3 cm³/mol. The maximum Gasteiger partial charge on any atom is 0.0628 e. The summed E-state index contributed by atoms with van der Waals surface area (Å²) in [6.07, 6.45) is 1.22. The van der Waals surface area contributed by atoms with Gasteiger partial charge >= 0.3 is 0 Å². The van der Waals surface area contributed by atoms with Gasteiger partial charge in [0.25, 0.3) is 0 Å². The van der Waals surface area contributed by atoms with Crippen molar-refractivity contribution >= 4 is 23.5 Å². The van der Waals surface area contributed by atoms with Crippen molar-refractivity contribution in [2.24, 2.45) is 5.73 Å². The Bertz CT molecular complexity index is 157. The van der Waals surface area contributed by atoms with Crippen LogP contribution in [-0.2, 0) is 4.74 Å². The van der Waals surface area contributed by atoms with E-state index in [9.17, 15) is 0 Å². The Morgan fingerprint density at radius 1 is 1.36 bits per heavy atom. The summed E-state index contributed by atoms with van der Waals surface area (Å²) in [6.45, 7) is 5.76. The average molecular weight is 235 g/mol. The average Bonchev–Trinajstić information content (AvgIpc) is 2.25. The largest absolute Gasteiger partial charge is 0.380 e. The van der Waals surface area contributed by atoms with E-state index in [1.165, 1.54) is 17.9 Å². The third kappa shape index (κ3) is 3.65. The van der Waals surface area contributed by atoms with Gasteiger partial charge < -0.3 is 10.5 Å².